The molecule has 0 radical (unpaired) electrons. The van der Waals surface area contributed by atoms with Crippen molar-refractivity contribution in [2.75, 3.05) is 7.05 Å². The lowest BCUT2D eigenvalue weighted by atomic mass is 10.1. The van der Waals surface area contributed by atoms with Crippen LogP contribution in [0.15, 0.2) is 51.6 Å². The van der Waals surface area contributed by atoms with E-state index in [1.807, 2.05) is 61.1 Å². The number of carbonyl (C=O) groups is 1. The molecule has 6 heteroatoms. The van der Waals surface area contributed by atoms with Crippen molar-refractivity contribution in [2.24, 2.45) is 0 Å². The topological polar surface area (TPSA) is 59.2 Å². The van der Waals surface area contributed by atoms with Crippen LogP contribution in [0.3, 0.4) is 0 Å². The van der Waals surface area contributed by atoms with E-state index in [4.69, 9.17) is 4.42 Å². The quantitative estimate of drug-likeness (QED) is 0.681. The molecule has 5 nitrogen and oxygen atoms in total. The van der Waals surface area contributed by atoms with Gasteiger partial charge in [0, 0.05) is 30.8 Å². The van der Waals surface area contributed by atoms with E-state index in [2.05, 4.69) is 10.2 Å². The van der Waals surface area contributed by atoms with E-state index >= 15 is 0 Å². The van der Waals surface area contributed by atoms with Gasteiger partial charge in [0.25, 0.3) is 0 Å². The molecule has 2 heterocycles. The van der Waals surface area contributed by atoms with E-state index < -0.39 is 0 Å². The SMILES string of the molecule is CC(c1ccccc1)N(C)C(=O)CCc1nnc(-c2ccsc2)o1. The number of nitrogens with zero attached hydrogens (tertiary/aromatic N) is 3. The zero-order valence-corrected chi connectivity index (χ0v) is 14.5. The molecule has 1 amide bonds. The zero-order valence-electron chi connectivity index (χ0n) is 13.7. The second-order valence-electron chi connectivity index (χ2n) is 5.60. The molecule has 1 unspecified atom stereocenters. The third-order valence-corrected chi connectivity index (χ3v) is 4.73. The van der Waals surface area contributed by atoms with Crippen LogP contribution in [0.1, 0.15) is 30.8 Å². The molecule has 2 aromatic heterocycles. The van der Waals surface area contributed by atoms with Crippen LogP contribution >= 0.6 is 11.3 Å². The smallest absolute Gasteiger partial charge is 0.248 e. The maximum absolute atomic E-state index is 12.4. The van der Waals surface area contributed by atoms with Gasteiger partial charge in [-0.1, -0.05) is 30.3 Å². The van der Waals surface area contributed by atoms with E-state index in [9.17, 15) is 4.79 Å². The second-order valence-corrected chi connectivity index (χ2v) is 6.38. The van der Waals surface area contributed by atoms with E-state index in [0.29, 0.717) is 24.6 Å². The van der Waals surface area contributed by atoms with Crippen LogP contribution in [0.2, 0.25) is 0 Å². The van der Waals surface area contributed by atoms with Gasteiger partial charge in [-0.2, -0.15) is 11.3 Å². The highest BCUT2D eigenvalue weighted by molar-refractivity contribution is 7.08. The fourth-order valence-corrected chi connectivity index (χ4v) is 3.05. The largest absolute Gasteiger partial charge is 0.421 e. The molecule has 0 aliphatic heterocycles. The summed E-state index contributed by atoms with van der Waals surface area (Å²) in [6, 6.07) is 12.0. The number of aryl methyl sites for hydroxylation is 1. The van der Waals surface area contributed by atoms with Crippen molar-refractivity contribution >= 4 is 17.2 Å². The number of thiophene rings is 1. The summed E-state index contributed by atoms with van der Waals surface area (Å²) in [6.07, 6.45) is 0.792. The number of hydrogen-bond acceptors (Lipinski definition) is 5. The Balaban J connectivity index is 1.57. The molecule has 3 rings (SSSR count). The average molecular weight is 341 g/mol. The molecular weight excluding hydrogens is 322 g/mol. The van der Waals surface area contributed by atoms with Gasteiger partial charge in [-0.25, -0.2) is 0 Å². The van der Waals surface area contributed by atoms with E-state index in [0.717, 1.165) is 11.1 Å². The molecule has 0 fully saturated rings. The van der Waals surface area contributed by atoms with Crippen LogP contribution in [0.4, 0.5) is 0 Å². The number of carbonyl (C=O) groups excluding carboxylic acids is 1. The minimum atomic E-state index is 0.0303. The van der Waals surface area contributed by atoms with Crippen molar-refractivity contribution in [3.63, 3.8) is 0 Å². The highest BCUT2D eigenvalue weighted by atomic mass is 32.1. The number of aromatic nitrogens is 2. The molecule has 124 valence electrons. The monoisotopic (exact) mass is 341 g/mol. The summed E-state index contributed by atoms with van der Waals surface area (Å²) >= 11 is 1.58. The fraction of sp³-hybridized carbons (Fsp3) is 0.278. The summed E-state index contributed by atoms with van der Waals surface area (Å²) in [4.78, 5) is 14.2. The minimum absolute atomic E-state index is 0.0303. The maximum atomic E-state index is 12.4. The molecule has 24 heavy (non-hydrogen) atoms. The Morgan fingerprint density at radius 3 is 2.75 bits per heavy atom. The summed E-state index contributed by atoms with van der Waals surface area (Å²) in [6.45, 7) is 2.02. The first kappa shape index (κ1) is 16.4. The van der Waals surface area contributed by atoms with Gasteiger partial charge in [-0.15, -0.1) is 10.2 Å². The Kier molecular flexibility index (Phi) is 5.05. The Morgan fingerprint density at radius 1 is 1.25 bits per heavy atom. The molecule has 1 aromatic carbocycles. The van der Waals surface area contributed by atoms with Gasteiger partial charge in [-0.05, 0) is 23.9 Å². The van der Waals surface area contributed by atoms with Gasteiger partial charge in [0.1, 0.15) is 0 Å². The Bertz CT molecular complexity index is 784. The molecule has 3 aromatic rings. The first-order chi connectivity index (χ1) is 11.6. The lowest BCUT2D eigenvalue weighted by Crippen LogP contribution is -2.29. The van der Waals surface area contributed by atoms with Crippen LogP contribution in [0.5, 0.6) is 0 Å². The first-order valence-electron chi connectivity index (χ1n) is 7.80. The Hall–Kier alpha value is -2.47. The second kappa shape index (κ2) is 7.40. The van der Waals surface area contributed by atoms with Crippen molar-refractivity contribution in [3.05, 3.63) is 58.6 Å². The molecular formula is C18H19N3O2S. The molecule has 0 aliphatic carbocycles. The van der Waals surface area contributed by atoms with Crippen LogP contribution in [0.25, 0.3) is 11.5 Å². The number of amides is 1. The summed E-state index contributed by atoms with van der Waals surface area (Å²) in [5.74, 6) is 1.05. The fourth-order valence-electron chi connectivity index (χ4n) is 2.42. The van der Waals surface area contributed by atoms with Crippen LogP contribution in [0, 0.1) is 0 Å². The van der Waals surface area contributed by atoms with Gasteiger partial charge in [0.05, 0.1) is 6.04 Å². The van der Waals surface area contributed by atoms with Gasteiger partial charge >= 0.3 is 0 Å². The van der Waals surface area contributed by atoms with Crippen molar-refractivity contribution in [3.8, 4) is 11.5 Å². The molecule has 0 saturated carbocycles. The number of hydrogen-bond donors (Lipinski definition) is 0. The van der Waals surface area contributed by atoms with Crippen molar-refractivity contribution < 1.29 is 9.21 Å². The first-order valence-corrected chi connectivity index (χ1v) is 8.75. The Labute approximate surface area is 144 Å². The zero-order chi connectivity index (χ0) is 16.9. The predicted octanol–water partition coefficient (Wildman–Crippen LogP) is 3.95. The van der Waals surface area contributed by atoms with Crippen LogP contribution in [-0.4, -0.2) is 28.1 Å². The van der Waals surface area contributed by atoms with E-state index in [1.165, 1.54) is 0 Å². The number of rotatable bonds is 6. The van der Waals surface area contributed by atoms with E-state index in [1.54, 1.807) is 16.2 Å². The normalized spacial score (nSPS) is 12.1. The molecule has 1 atom stereocenters. The van der Waals surface area contributed by atoms with Crippen molar-refractivity contribution in [2.45, 2.75) is 25.8 Å². The maximum Gasteiger partial charge on any atom is 0.248 e. The van der Waals surface area contributed by atoms with Gasteiger partial charge in [0.15, 0.2) is 0 Å². The summed E-state index contributed by atoms with van der Waals surface area (Å²) < 4.78 is 5.62. The lowest BCUT2D eigenvalue weighted by Gasteiger charge is -2.25. The molecule has 0 aliphatic rings. The minimum Gasteiger partial charge on any atom is -0.421 e. The van der Waals surface area contributed by atoms with Gasteiger partial charge in [-0.3, -0.25) is 4.79 Å². The van der Waals surface area contributed by atoms with E-state index in [-0.39, 0.29) is 11.9 Å². The average Bonchev–Trinajstić information content (AvgIpc) is 3.30. The molecule has 0 saturated heterocycles. The van der Waals surface area contributed by atoms with Crippen LogP contribution < -0.4 is 0 Å². The van der Waals surface area contributed by atoms with Crippen molar-refractivity contribution in [1.29, 1.82) is 0 Å². The van der Waals surface area contributed by atoms with Crippen LogP contribution in [-0.2, 0) is 11.2 Å². The molecule has 0 bridgehead atoms. The predicted molar refractivity (Wildman–Crippen MR) is 93.6 cm³/mol. The lowest BCUT2D eigenvalue weighted by molar-refractivity contribution is -0.131. The highest BCUT2D eigenvalue weighted by Crippen LogP contribution is 2.22. The highest BCUT2D eigenvalue weighted by Gasteiger charge is 2.18. The summed E-state index contributed by atoms with van der Waals surface area (Å²) in [5.41, 5.74) is 2.03. The standard InChI is InChI=1S/C18H19N3O2S/c1-13(14-6-4-3-5-7-14)21(2)17(22)9-8-16-19-20-18(23-16)15-10-11-24-12-15/h3-7,10-13H,8-9H2,1-2H3. The van der Waals surface area contributed by atoms with Gasteiger partial charge < -0.3 is 9.32 Å². The van der Waals surface area contributed by atoms with Gasteiger partial charge in [0.2, 0.25) is 17.7 Å². The third-order valence-electron chi connectivity index (χ3n) is 4.04. The molecule has 0 N–H and O–H groups in total. The number of benzene rings is 1. The third kappa shape index (κ3) is 3.71. The summed E-state index contributed by atoms with van der Waals surface area (Å²) in [7, 11) is 1.82. The summed E-state index contributed by atoms with van der Waals surface area (Å²) in [5, 5.41) is 12.0. The molecule has 0 spiro atoms. The Morgan fingerprint density at radius 2 is 2.04 bits per heavy atom. The van der Waals surface area contributed by atoms with Crippen molar-refractivity contribution in [1.82, 2.24) is 15.1 Å².